The lowest BCUT2D eigenvalue weighted by molar-refractivity contribution is 0.930. The molecule has 0 N–H and O–H groups in total. The van der Waals surface area contributed by atoms with E-state index >= 15 is 0 Å². The molecule has 5 nitrogen and oxygen atoms in total. The third-order valence-corrected chi connectivity index (χ3v) is 1.88. The molecule has 1 aliphatic heterocycles. The summed E-state index contributed by atoms with van der Waals surface area (Å²) in [5, 5.41) is 0.839. The van der Waals surface area contributed by atoms with Gasteiger partial charge in [-0.25, -0.2) is 9.98 Å². The van der Waals surface area contributed by atoms with Crippen LogP contribution in [0.15, 0.2) is 9.98 Å². The van der Waals surface area contributed by atoms with Crippen LogP contribution in [0.4, 0.5) is 5.95 Å². The molecule has 2 rings (SSSR count). The fraction of sp³-hybridized carbons (Fsp3) is 0.500. The monoisotopic (exact) mass is 177 g/mol. The van der Waals surface area contributed by atoms with Gasteiger partial charge in [0.15, 0.2) is 5.49 Å². The summed E-state index contributed by atoms with van der Waals surface area (Å²) in [6.45, 7) is 2.42. The van der Waals surface area contributed by atoms with Crippen molar-refractivity contribution in [1.82, 2.24) is 9.97 Å². The molecule has 0 amide bonds. The Morgan fingerprint density at radius 3 is 2.62 bits per heavy atom. The molecule has 0 saturated heterocycles. The highest BCUT2D eigenvalue weighted by Gasteiger charge is 2.06. The standard InChI is InChI=1S/C8H11N5/c1-5-6-7(10-4-9-6)12-8(11-5)13(2)3/h4H2,1-3H3. The van der Waals surface area contributed by atoms with Crippen LogP contribution in [0, 0.1) is 6.92 Å². The minimum atomic E-state index is 0.488. The van der Waals surface area contributed by atoms with Gasteiger partial charge in [0, 0.05) is 14.1 Å². The minimum absolute atomic E-state index is 0.488. The Balaban J connectivity index is 2.71. The molecule has 1 aromatic rings. The summed E-state index contributed by atoms with van der Waals surface area (Å²) in [5.41, 5.74) is 1.62. The highest BCUT2D eigenvalue weighted by atomic mass is 15.2. The Hall–Kier alpha value is -1.52. The van der Waals surface area contributed by atoms with Crippen LogP contribution in [0.3, 0.4) is 0 Å². The second-order valence-electron chi connectivity index (χ2n) is 3.13. The molecule has 0 radical (unpaired) electrons. The lowest BCUT2D eigenvalue weighted by Crippen LogP contribution is -2.32. The van der Waals surface area contributed by atoms with Gasteiger partial charge in [-0.2, -0.15) is 4.98 Å². The number of aromatic nitrogens is 2. The summed E-state index contributed by atoms with van der Waals surface area (Å²) in [6, 6.07) is 0. The molecule has 1 aliphatic rings. The van der Waals surface area contributed by atoms with E-state index in [1.165, 1.54) is 0 Å². The number of rotatable bonds is 1. The summed E-state index contributed by atoms with van der Waals surface area (Å²) in [6.07, 6.45) is 0. The predicted octanol–water partition coefficient (Wildman–Crippen LogP) is -0.939. The smallest absolute Gasteiger partial charge is 0.227 e. The first-order chi connectivity index (χ1) is 6.18. The summed E-state index contributed by atoms with van der Waals surface area (Å²) in [4.78, 5) is 18.8. The molecule has 0 fully saturated rings. The topological polar surface area (TPSA) is 53.7 Å². The highest BCUT2D eigenvalue weighted by molar-refractivity contribution is 5.26. The van der Waals surface area contributed by atoms with Crippen molar-refractivity contribution in [3.63, 3.8) is 0 Å². The molecule has 2 heterocycles. The number of anilines is 1. The molecule has 0 bridgehead atoms. The molecule has 5 heteroatoms. The Morgan fingerprint density at radius 2 is 1.92 bits per heavy atom. The van der Waals surface area contributed by atoms with Gasteiger partial charge in [0.1, 0.15) is 12.0 Å². The number of fused-ring (bicyclic) bond motifs is 1. The fourth-order valence-corrected chi connectivity index (χ4v) is 1.21. The van der Waals surface area contributed by atoms with E-state index in [0.717, 1.165) is 16.5 Å². The largest absolute Gasteiger partial charge is 0.347 e. The lowest BCUT2D eigenvalue weighted by atomic mass is 10.4. The Bertz CT molecular complexity index is 448. The lowest BCUT2D eigenvalue weighted by Gasteiger charge is -2.08. The van der Waals surface area contributed by atoms with Gasteiger partial charge in [-0.3, -0.25) is 4.99 Å². The van der Waals surface area contributed by atoms with E-state index in [0.29, 0.717) is 12.6 Å². The Labute approximate surface area is 75.9 Å². The molecule has 13 heavy (non-hydrogen) atoms. The van der Waals surface area contributed by atoms with Gasteiger partial charge in [-0.05, 0) is 6.92 Å². The maximum Gasteiger partial charge on any atom is 0.227 e. The molecule has 0 atom stereocenters. The van der Waals surface area contributed by atoms with Crippen LogP contribution in [0.25, 0.3) is 0 Å². The molecular formula is C8H11N5. The van der Waals surface area contributed by atoms with E-state index in [9.17, 15) is 0 Å². The van der Waals surface area contributed by atoms with E-state index in [1.807, 2.05) is 25.9 Å². The first kappa shape index (κ1) is 8.10. The van der Waals surface area contributed by atoms with Crippen LogP contribution in [-0.4, -0.2) is 30.7 Å². The van der Waals surface area contributed by atoms with Gasteiger partial charge in [-0.15, -0.1) is 0 Å². The van der Waals surface area contributed by atoms with Gasteiger partial charge in [-0.1, -0.05) is 0 Å². The van der Waals surface area contributed by atoms with Crippen LogP contribution >= 0.6 is 0 Å². The van der Waals surface area contributed by atoms with Gasteiger partial charge < -0.3 is 4.90 Å². The molecule has 0 aliphatic carbocycles. The molecule has 0 aromatic carbocycles. The van der Waals surface area contributed by atoms with Crippen molar-refractivity contribution in [1.29, 1.82) is 0 Å². The van der Waals surface area contributed by atoms with E-state index in [-0.39, 0.29) is 0 Å². The van der Waals surface area contributed by atoms with Crippen LogP contribution in [0.5, 0.6) is 0 Å². The average Bonchev–Trinajstić information content (AvgIpc) is 2.51. The second-order valence-corrected chi connectivity index (χ2v) is 3.13. The molecule has 0 unspecified atom stereocenters. The molecule has 68 valence electrons. The van der Waals surface area contributed by atoms with Crippen molar-refractivity contribution in [2.75, 3.05) is 25.7 Å². The zero-order valence-corrected chi connectivity index (χ0v) is 7.94. The van der Waals surface area contributed by atoms with Crippen molar-refractivity contribution in [3.8, 4) is 0 Å². The zero-order valence-electron chi connectivity index (χ0n) is 7.94. The van der Waals surface area contributed by atoms with Crippen molar-refractivity contribution in [2.45, 2.75) is 6.92 Å². The average molecular weight is 177 g/mol. The second kappa shape index (κ2) is 2.76. The van der Waals surface area contributed by atoms with Crippen molar-refractivity contribution >= 4 is 5.95 Å². The quantitative estimate of drug-likeness (QED) is 0.556. The third-order valence-electron chi connectivity index (χ3n) is 1.88. The third kappa shape index (κ3) is 1.26. The maximum atomic E-state index is 4.31. The molecule has 0 saturated carbocycles. The van der Waals surface area contributed by atoms with Gasteiger partial charge in [0.2, 0.25) is 5.95 Å². The van der Waals surface area contributed by atoms with Crippen molar-refractivity contribution in [3.05, 3.63) is 16.5 Å². The number of aryl methyl sites for hydroxylation is 1. The molecule has 0 spiro atoms. The highest BCUT2D eigenvalue weighted by Crippen LogP contribution is 1.97. The summed E-state index contributed by atoms with van der Waals surface area (Å²) < 4.78 is 0. The van der Waals surface area contributed by atoms with E-state index in [2.05, 4.69) is 20.0 Å². The van der Waals surface area contributed by atoms with Crippen LogP contribution in [-0.2, 0) is 0 Å². The first-order valence-corrected chi connectivity index (χ1v) is 4.09. The van der Waals surface area contributed by atoms with Gasteiger partial charge >= 0.3 is 0 Å². The summed E-state index contributed by atoms with van der Waals surface area (Å²) in [7, 11) is 3.82. The van der Waals surface area contributed by atoms with Crippen molar-refractivity contribution < 1.29 is 0 Å². The van der Waals surface area contributed by atoms with Crippen LogP contribution < -0.4 is 15.7 Å². The van der Waals surface area contributed by atoms with Crippen LogP contribution in [0.1, 0.15) is 5.69 Å². The Morgan fingerprint density at radius 1 is 1.15 bits per heavy atom. The minimum Gasteiger partial charge on any atom is -0.347 e. The predicted molar refractivity (Wildman–Crippen MR) is 48.3 cm³/mol. The number of hydrogen-bond donors (Lipinski definition) is 0. The van der Waals surface area contributed by atoms with E-state index in [4.69, 9.17) is 0 Å². The normalized spacial score (nSPS) is 13.2. The van der Waals surface area contributed by atoms with Crippen LogP contribution in [0.2, 0.25) is 0 Å². The molecular weight excluding hydrogens is 166 g/mol. The van der Waals surface area contributed by atoms with Gasteiger partial charge in [0.05, 0.1) is 5.69 Å². The van der Waals surface area contributed by atoms with E-state index < -0.39 is 0 Å². The maximum absolute atomic E-state index is 4.31. The fourth-order valence-electron chi connectivity index (χ4n) is 1.21. The SMILES string of the molecule is Cc1nc(N(C)C)nc2c1=NCN=2. The van der Waals surface area contributed by atoms with Gasteiger partial charge in [0.25, 0.3) is 0 Å². The first-order valence-electron chi connectivity index (χ1n) is 4.09. The number of hydrogen-bond acceptors (Lipinski definition) is 5. The molecule has 1 aromatic heterocycles. The zero-order chi connectivity index (χ0) is 9.42. The Kier molecular flexibility index (Phi) is 1.72. The number of nitrogens with zero attached hydrogens (tertiary/aromatic N) is 5. The summed E-state index contributed by atoms with van der Waals surface area (Å²) >= 11 is 0. The summed E-state index contributed by atoms with van der Waals surface area (Å²) in [5.74, 6) is 0.692. The van der Waals surface area contributed by atoms with E-state index in [1.54, 1.807) is 0 Å². The van der Waals surface area contributed by atoms with Crippen molar-refractivity contribution in [2.24, 2.45) is 9.98 Å².